The number of hydrogen-bond acceptors (Lipinski definition) is 3. The van der Waals surface area contributed by atoms with E-state index in [9.17, 15) is 39.5 Å². The molecule has 0 aliphatic carbocycles. The van der Waals surface area contributed by atoms with Gasteiger partial charge >= 0.3 is 0 Å². The first kappa shape index (κ1) is 49.9. The lowest BCUT2D eigenvalue weighted by Crippen LogP contribution is -2.44. The number of fused-ring (bicyclic) bond motifs is 3. The summed E-state index contributed by atoms with van der Waals surface area (Å²) in [4.78, 5) is 0. The summed E-state index contributed by atoms with van der Waals surface area (Å²) in [5, 5.41) is 1.44. The first-order valence-corrected chi connectivity index (χ1v) is 18.3. The fourth-order valence-electron chi connectivity index (χ4n) is 7.55. The summed E-state index contributed by atoms with van der Waals surface area (Å²) in [5.41, 5.74) is -23.6. The molecule has 0 atom stereocenters. The summed E-state index contributed by atoms with van der Waals surface area (Å²) >= 11 is 0. The molecule has 9 rings (SSSR count). The Morgan fingerprint density at radius 3 is 0.534 bits per heavy atom. The second-order valence-electron chi connectivity index (χ2n) is 14.5. The first-order chi connectivity index (χ1) is 34.0. The number of halogens is 27. The Kier molecular flexibility index (Phi) is 11.3. The number of benzene rings is 6. The quantitative estimate of drug-likeness (QED) is 0.0722. The molecular formula is C39BF27N6-. The van der Waals surface area contributed by atoms with Crippen LogP contribution < -0.4 is 0 Å². The average Bonchev–Trinajstić information content (AvgIpc) is 4.07. The average molecular weight is 1080 g/mol. The predicted molar refractivity (Wildman–Crippen MR) is 186 cm³/mol. The van der Waals surface area contributed by atoms with Crippen LogP contribution in [0, 0.1) is 157 Å². The van der Waals surface area contributed by atoms with Crippen LogP contribution in [-0.4, -0.2) is 36.2 Å². The lowest BCUT2D eigenvalue weighted by molar-refractivity contribution is 0.381. The van der Waals surface area contributed by atoms with Crippen molar-refractivity contribution in [2.45, 2.75) is 0 Å². The Morgan fingerprint density at radius 1 is 0.192 bits per heavy atom. The smallest absolute Gasteiger partial charge is 0.263 e. The molecule has 34 heteroatoms. The van der Waals surface area contributed by atoms with Gasteiger partial charge in [-0.25, -0.2) is 134 Å². The summed E-state index contributed by atoms with van der Waals surface area (Å²) < 4.78 is 409. The molecule has 9 aromatic rings. The Hall–Kier alpha value is -8.10. The van der Waals surface area contributed by atoms with E-state index < -0.39 is 244 Å². The maximum atomic E-state index is 16.4. The number of nitrogens with zero attached hydrogens (tertiary/aromatic N) is 6. The molecule has 0 fully saturated rings. The molecule has 0 unspecified atom stereocenters. The Bertz CT molecular complexity index is 3540. The molecule has 1 radical (unpaired) electrons. The van der Waals surface area contributed by atoms with Gasteiger partial charge in [-0.2, -0.15) is 0 Å². The van der Waals surface area contributed by atoms with Gasteiger partial charge in [-0.3, -0.25) is 0 Å². The highest BCUT2D eigenvalue weighted by Crippen LogP contribution is 2.45. The summed E-state index contributed by atoms with van der Waals surface area (Å²) in [7, 11) is -4.29. The Balaban J connectivity index is 1.62. The second kappa shape index (κ2) is 16.5. The van der Waals surface area contributed by atoms with Crippen LogP contribution in [0.5, 0.6) is 0 Å². The number of rotatable bonds is 6. The third kappa shape index (κ3) is 6.38. The Morgan fingerprint density at radius 2 is 0.342 bits per heavy atom. The predicted octanol–water partition coefficient (Wildman–Crippen LogP) is 12.4. The molecular weight excluding hydrogens is 1080 g/mol. The molecule has 73 heavy (non-hydrogen) atoms. The maximum Gasteiger partial charge on any atom is 0.263 e. The molecule has 0 saturated heterocycles. The van der Waals surface area contributed by atoms with Crippen molar-refractivity contribution in [3.63, 3.8) is 0 Å². The zero-order valence-electron chi connectivity index (χ0n) is 33.0. The summed E-state index contributed by atoms with van der Waals surface area (Å²) in [5.74, 6) is -85.5. The molecule has 0 spiro atoms. The highest BCUT2D eigenvalue weighted by molar-refractivity contribution is 6.56. The zero-order chi connectivity index (χ0) is 53.9. The molecule has 6 nitrogen and oxygen atoms in total. The molecule has 0 aliphatic heterocycles. The highest BCUT2D eigenvalue weighted by Gasteiger charge is 2.40. The molecule has 6 aromatic carbocycles. The van der Waals surface area contributed by atoms with Crippen molar-refractivity contribution in [2.75, 3.05) is 0 Å². The molecule has 0 amide bonds. The normalized spacial score (nSPS) is 12.2. The minimum absolute atomic E-state index is 1.13. The maximum absolute atomic E-state index is 16.4. The summed E-state index contributed by atoms with van der Waals surface area (Å²) in [6.07, 6.45) is 0. The van der Waals surface area contributed by atoms with E-state index >= 15 is 79.0 Å². The summed E-state index contributed by atoms with van der Waals surface area (Å²) in [6.45, 7) is 0. The third-order valence-corrected chi connectivity index (χ3v) is 10.7. The molecule has 3 heterocycles. The van der Waals surface area contributed by atoms with E-state index in [4.69, 9.17) is 0 Å². The van der Waals surface area contributed by atoms with Crippen molar-refractivity contribution in [2.24, 2.45) is 0 Å². The van der Waals surface area contributed by atoms with Crippen molar-refractivity contribution >= 4 is 39.8 Å². The van der Waals surface area contributed by atoms with Crippen LogP contribution in [0.25, 0.3) is 66.5 Å². The van der Waals surface area contributed by atoms with Crippen LogP contribution in [0.15, 0.2) is 0 Å². The van der Waals surface area contributed by atoms with E-state index in [0.717, 1.165) is 0 Å². The van der Waals surface area contributed by atoms with Gasteiger partial charge in [0, 0.05) is 0 Å². The zero-order valence-corrected chi connectivity index (χ0v) is 33.0. The lowest BCUT2D eigenvalue weighted by atomic mass is 9.92. The van der Waals surface area contributed by atoms with Crippen molar-refractivity contribution in [1.29, 1.82) is 0 Å². The van der Waals surface area contributed by atoms with Crippen molar-refractivity contribution in [1.82, 2.24) is 29.1 Å². The van der Waals surface area contributed by atoms with Gasteiger partial charge in [0.25, 0.3) is 7.12 Å². The number of aromatic nitrogens is 6. The second-order valence-corrected chi connectivity index (χ2v) is 14.5. The van der Waals surface area contributed by atoms with Gasteiger partial charge in [-0.05, 0) is 0 Å². The van der Waals surface area contributed by atoms with Crippen LogP contribution in [-0.2, 0) is 0 Å². The fourth-order valence-corrected chi connectivity index (χ4v) is 7.55. The van der Waals surface area contributed by atoms with Crippen LogP contribution in [0.4, 0.5) is 119 Å². The van der Waals surface area contributed by atoms with Gasteiger partial charge in [-0.15, -0.1) is 0 Å². The SMILES string of the molecule is Fc1c(F)c(F)c(-c2nn([B-](n3nc(-c4c(F)c(F)c(F)c(F)c4F)c4c(F)c(F)c(F)c(F)c43)n3nc(-c4c(F)c(F)c(F)c(F)c4F)c4c(F)c(F)c(F)c(F)c43)c3c(F)c(F)c(F)c(F)c23)c(F)c1F. The first-order valence-electron chi connectivity index (χ1n) is 18.3. The topological polar surface area (TPSA) is 53.5 Å². The lowest BCUT2D eigenvalue weighted by Gasteiger charge is -2.32. The van der Waals surface area contributed by atoms with Gasteiger partial charge in [0.05, 0.1) is 49.4 Å². The van der Waals surface area contributed by atoms with Crippen LogP contribution in [0.3, 0.4) is 0 Å². The van der Waals surface area contributed by atoms with Crippen molar-refractivity contribution in [3.8, 4) is 33.8 Å². The monoisotopic (exact) mass is 1080 g/mol. The molecule has 0 aliphatic rings. The van der Waals surface area contributed by atoms with Gasteiger partial charge < -0.3 is 13.8 Å². The van der Waals surface area contributed by atoms with Gasteiger partial charge in [0.1, 0.15) is 17.1 Å². The molecule has 379 valence electrons. The highest BCUT2D eigenvalue weighted by atomic mass is 19.2. The van der Waals surface area contributed by atoms with Crippen LogP contribution >= 0.6 is 0 Å². The van der Waals surface area contributed by atoms with Crippen molar-refractivity contribution in [3.05, 3.63) is 157 Å². The Labute approximate surface area is 378 Å². The van der Waals surface area contributed by atoms with Gasteiger partial charge in [-0.1, -0.05) is 0 Å². The van der Waals surface area contributed by atoms with E-state index in [1.165, 1.54) is 0 Å². The van der Waals surface area contributed by atoms with E-state index in [2.05, 4.69) is 15.3 Å². The molecule has 3 aromatic heterocycles. The molecule has 0 saturated carbocycles. The molecule has 0 bridgehead atoms. The molecule has 0 N–H and O–H groups in total. The van der Waals surface area contributed by atoms with E-state index in [-0.39, 0.29) is 0 Å². The van der Waals surface area contributed by atoms with Crippen LogP contribution in [0.2, 0.25) is 0 Å². The minimum Gasteiger partial charge on any atom is -0.415 e. The fraction of sp³-hybridized carbons (Fsp3) is 0. The standard InChI is InChI=1S/C39BF27N6/c41-7-1(8(42)17(51)25(59)16(7)50)34-4-13(47)22(56)28(62)31(65)37(4)71(68-34)40(72-38-5(14(48)23(57)29(63)32(38)66)35(69-72)2-9(43)18(52)26(60)19(53)10(2)44)73-39-6(15(49)24(58)30(64)33(39)67)36(70-73)3-11(45)20(54)27(61)21(55)12(3)46/q-1. The van der Waals surface area contributed by atoms with Gasteiger partial charge in [0.15, 0.2) is 140 Å². The van der Waals surface area contributed by atoms with Crippen molar-refractivity contribution < 1.29 is 119 Å². The summed E-state index contributed by atoms with van der Waals surface area (Å²) in [6, 6.07) is 0. The number of hydrogen-bond donors (Lipinski definition) is 0. The van der Waals surface area contributed by atoms with E-state index in [1.54, 1.807) is 0 Å². The minimum atomic E-state index is -4.29. The van der Waals surface area contributed by atoms with Gasteiger partial charge in [0.2, 0.25) is 17.5 Å². The van der Waals surface area contributed by atoms with Crippen LogP contribution in [0.1, 0.15) is 0 Å². The third-order valence-electron chi connectivity index (χ3n) is 10.7. The van der Waals surface area contributed by atoms with E-state index in [0.29, 0.717) is 0 Å². The largest absolute Gasteiger partial charge is 0.415 e. The van der Waals surface area contributed by atoms with E-state index in [1.807, 2.05) is 0 Å².